The van der Waals surface area contributed by atoms with Crippen LogP contribution in [-0.2, 0) is 16.1 Å². The van der Waals surface area contributed by atoms with Crippen LogP contribution in [0.15, 0.2) is 78.5 Å². The molecular weight excluding hydrogens is 517 g/mol. The van der Waals surface area contributed by atoms with Gasteiger partial charge < -0.3 is 9.30 Å². The third-order valence-corrected chi connectivity index (χ3v) is 6.77. The molecule has 9 heteroatoms. The zero-order valence-electron chi connectivity index (χ0n) is 19.0. The number of fused-ring (bicyclic) bond motifs is 1. The van der Waals surface area contributed by atoms with Crippen molar-refractivity contribution in [3.05, 3.63) is 99.7 Å². The van der Waals surface area contributed by atoms with Gasteiger partial charge in [0.1, 0.15) is 11.3 Å². The molecule has 6 nitrogen and oxygen atoms in total. The first-order valence-corrected chi connectivity index (χ1v) is 12.1. The summed E-state index contributed by atoms with van der Waals surface area (Å²) < 4.78 is 7.42. The molecule has 3 aromatic carbocycles. The highest BCUT2D eigenvalue weighted by Gasteiger charge is 2.36. The highest BCUT2D eigenvalue weighted by atomic mass is 35.5. The van der Waals surface area contributed by atoms with Crippen molar-refractivity contribution in [3.63, 3.8) is 0 Å². The van der Waals surface area contributed by atoms with Crippen molar-refractivity contribution in [3.8, 4) is 5.75 Å². The van der Waals surface area contributed by atoms with Crippen molar-refractivity contribution in [2.24, 2.45) is 0 Å². The molecule has 0 radical (unpaired) electrons. The van der Waals surface area contributed by atoms with Gasteiger partial charge in [0.25, 0.3) is 11.8 Å². The Bertz CT molecular complexity index is 1580. The number of methoxy groups -OCH3 is 1. The van der Waals surface area contributed by atoms with Crippen LogP contribution < -0.4 is 15.0 Å². The maximum absolute atomic E-state index is 13.5. The second-order valence-corrected chi connectivity index (χ2v) is 9.33. The fraction of sp³-hybridized carbons (Fsp3) is 0.0741. The third kappa shape index (κ3) is 4.37. The van der Waals surface area contributed by atoms with Crippen molar-refractivity contribution in [1.29, 1.82) is 0 Å². The number of hydrogen-bond donors (Lipinski definition) is 1. The SMILES string of the molecule is COc1ccccc1N1C(=O)/C(=C/c2cn(Cc3ccc(Cl)cc3Cl)c3ccccc23)C(=O)NC1=S. The molecule has 0 unspecified atom stereocenters. The number of para-hydroxylation sites is 3. The Balaban J connectivity index is 1.58. The van der Waals surface area contributed by atoms with Crippen LogP contribution in [-0.4, -0.2) is 28.6 Å². The van der Waals surface area contributed by atoms with Crippen LogP contribution in [0.25, 0.3) is 17.0 Å². The smallest absolute Gasteiger partial charge is 0.270 e. The number of amides is 2. The van der Waals surface area contributed by atoms with Crippen LogP contribution in [0.1, 0.15) is 11.1 Å². The Morgan fingerprint density at radius 3 is 2.56 bits per heavy atom. The summed E-state index contributed by atoms with van der Waals surface area (Å²) in [5.74, 6) is -0.639. The minimum absolute atomic E-state index is 0.00791. The van der Waals surface area contributed by atoms with Crippen molar-refractivity contribution in [1.82, 2.24) is 9.88 Å². The van der Waals surface area contributed by atoms with E-state index in [4.69, 9.17) is 40.2 Å². The number of halogens is 2. The standard InChI is InChI=1S/C27H19Cl2N3O3S/c1-35-24-9-5-4-8-23(24)32-26(34)20(25(33)30-27(32)36)12-17-15-31(22-7-3-2-6-19(17)22)14-16-10-11-18(28)13-21(16)29/h2-13,15H,14H2,1H3,(H,30,33,36)/b20-12+. The summed E-state index contributed by atoms with van der Waals surface area (Å²) in [6.45, 7) is 0.483. The van der Waals surface area contributed by atoms with E-state index in [-0.39, 0.29) is 10.7 Å². The molecule has 4 aromatic rings. The van der Waals surface area contributed by atoms with E-state index in [1.165, 1.54) is 12.0 Å². The Kier molecular flexibility index (Phi) is 6.53. The molecule has 36 heavy (non-hydrogen) atoms. The number of aromatic nitrogens is 1. The zero-order valence-corrected chi connectivity index (χ0v) is 21.3. The number of carbonyl (C=O) groups is 2. The normalized spacial score (nSPS) is 15.0. The fourth-order valence-electron chi connectivity index (χ4n) is 4.20. The van der Waals surface area contributed by atoms with Crippen molar-refractivity contribution >= 4 is 75.0 Å². The molecule has 1 N–H and O–H groups in total. The molecule has 0 bridgehead atoms. The van der Waals surface area contributed by atoms with Gasteiger partial charge in [0.05, 0.1) is 12.8 Å². The van der Waals surface area contributed by atoms with E-state index in [1.54, 1.807) is 42.5 Å². The molecule has 1 saturated heterocycles. The summed E-state index contributed by atoms with van der Waals surface area (Å²) in [5, 5.41) is 4.62. The van der Waals surface area contributed by atoms with Crippen LogP contribution in [0, 0.1) is 0 Å². The molecule has 2 heterocycles. The molecule has 0 spiro atoms. The first-order valence-electron chi connectivity index (χ1n) is 10.9. The highest BCUT2D eigenvalue weighted by Crippen LogP contribution is 2.32. The van der Waals surface area contributed by atoms with E-state index in [0.29, 0.717) is 33.6 Å². The molecule has 0 atom stereocenters. The minimum atomic E-state index is -0.561. The second-order valence-electron chi connectivity index (χ2n) is 8.09. The van der Waals surface area contributed by atoms with Crippen molar-refractivity contribution < 1.29 is 14.3 Å². The van der Waals surface area contributed by atoms with E-state index in [2.05, 4.69) is 5.32 Å². The Hall–Kier alpha value is -3.65. The van der Waals surface area contributed by atoms with Gasteiger partial charge in [0.15, 0.2) is 5.11 Å². The largest absolute Gasteiger partial charge is 0.495 e. The number of anilines is 1. The van der Waals surface area contributed by atoms with Crippen LogP contribution >= 0.6 is 35.4 Å². The van der Waals surface area contributed by atoms with Gasteiger partial charge >= 0.3 is 0 Å². The average Bonchev–Trinajstić information content (AvgIpc) is 3.21. The van der Waals surface area contributed by atoms with Gasteiger partial charge in [0.2, 0.25) is 0 Å². The number of carbonyl (C=O) groups excluding carboxylic acids is 2. The van der Waals surface area contributed by atoms with E-state index in [1.807, 2.05) is 41.1 Å². The maximum atomic E-state index is 13.5. The molecule has 1 aliphatic rings. The summed E-state index contributed by atoms with van der Waals surface area (Å²) in [6.07, 6.45) is 3.48. The third-order valence-electron chi connectivity index (χ3n) is 5.90. The Morgan fingerprint density at radius 2 is 1.78 bits per heavy atom. The van der Waals surface area contributed by atoms with Crippen molar-refractivity contribution in [2.75, 3.05) is 12.0 Å². The van der Waals surface area contributed by atoms with Gasteiger partial charge in [-0.1, -0.05) is 59.6 Å². The van der Waals surface area contributed by atoms with E-state index >= 15 is 0 Å². The maximum Gasteiger partial charge on any atom is 0.270 e. The lowest BCUT2D eigenvalue weighted by molar-refractivity contribution is -0.122. The van der Waals surface area contributed by atoms with E-state index in [0.717, 1.165) is 16.5 Å². The first-order chi connectivity index (χ1) is 17.4. The highest BCUT2D eigenvalue weighted by molar-refractivity contribution is 7.80. The van der Waals surface area contributed by atoms with Crippen molar-refractivity contribution in [2.45, 2.75) is 6.54 Å². The molecular formula is C27H19Cl2N3O3S. The molecule has 1 aromatic heterocycles. The lowest BCUT2D eigenvalue weighted by atomic mass is 10.1. The van der Waals surface area contributed by atoms with Gasteiger partial charge in [0, 0.05) is 39.3 Å². The van der Waals surface area contributed by atoms with Crippen LogP contribution in [0.2, 0.25) is 10.0 Å². The topological polar surface area (TPSA) is 63.6 Å². The molecule has 0 saturated carbocycles. The van der Waals surface area contributed by atoms with Gasteiger partial charge in [-0.15, -0.1) is 0 Å². The molecule has 1 aliphatic heterocycles. The van der Waals surface area contributed by atoms with Gasteiger partial charge in [-0.2, -0.15) is 0 Å². The molecule has 1 fully saturated rings. The number of ether oxygens (including phenoxy) is 1. The summed E-state index contributed by atoms with van der Waals surface area (Å²) in [5.41, 5.74) is 2.93. The summed E-state index contributed by atoms with van der Waals surface area (Å²) in [4.78, 5) is 27.7. The van der Waals surface area contributed by atoms with E-state index in [9.17, 15) is 9.59 Å². The lowest BCUT2D eigenvalue weighted by Gasteiger charge is -2.29. The van der Waals surface area contributed by atoms with E-state index < -0.39 is 11.8 Å². The average molecular weight is 536 g/mol. The number of thiocarbonyl (C=S) groups is 1. The van der Waals surface area contributed by atoms with Crippen LogP contribution in [0.5, 0.6) is 5.75 Å². The summed E-state index contributed by atoms with van der Waals surface area (Å²) in [6, 6.07) is 20.1. The monoisotopic (exact) mass is 535 g/mol. The summed E-state index contributed by atoms with van der Waals surface area (Å²) >= 11 is 17.8. The Morgan fingerprint density at radius 1 is 1.03 bits per heavy atom. The predicted molar refractivity (Wildman–Crippen MR) is 147 cm³/mol. The van der Waals surface area contributed by atoms with Gasteiger partial charge in [-0.05, 0) is 54.2 Å². The van der Waals surface area contributed by atoms with Gasteiger partial charge in [-0.3, -0.25) is 14.9 Å². The number of nitrogens with one attached hydrogen (secondary N) is 1. The predicted octanol–water partition coefficient (Wildman–Crippen LogP) is 5.84. The Labute approximate surface area is 222 Å². The zero-order chi connectivity index (χ0) is 25.4. The summed E-state index contributed by atoms with van der Waals surface area (Å²) in [7, 11) is 1.51. The quantitative estimate of drug-likeness (QED) is 0.198. The molecule has 2 amide bonds. The minimum Gasteiger partial charge on any atom is -0.495 e. The molecule has 5 rings (SSSR count). The fourth-order valence-corrected chi connectivity index (χ4v) is 4.94. The van der Waals surface area contributed by atoms with Gasteiger partial charge in [-0.25, -0.2) is 4.90 Å². The number of benzene rings is 3. The van der Waals surface area contributed by atoms with Crippen LogP contribution in [0.3, 0.4) is 0 Å². The molecule has 0 aliphatic carbocycles. The number of rotatable bonds is 5. The first kappa shape index (κ1) is 24.1. The van der Waals surface area contributed by atoms with Crippen LogP contribution in [0.4, 0.5) is 5.69 Å². The number of hydrogen-bond acceptors (Lipinski definition) is 4. The number of nitrogens with zero attached hydrogens (tertiary/aromatic N) is 2. The second kappa shape index (κ2) is 9.78. The molecule has 180 valence electrons. The lowest BCUT2D eigenvalue weighted by Crippen LogP contribution is -2.54.